The summed E-state index contributed by atoms with van der Waals surface area (Å²) in [4.78, 5) is 22.1. The maximum absolute atomic E-state index is 11.4. The number of imide groups is 1. The zero-order valence-corrected chi connectivity index (χ0v) is 13.5. The molecule has 0 rings (SSSR count). The topological polar surface area (TPSA) is 46.2 Å². The summed E-state index contributed by atoms with van der Waals surface area (Å²) in [6.45, 7) is 20.3. The van der Waals surface area contributed by atoms with Crippen LogP contribution in [0.2, 0.25) is 0 Å². The van der Waals surface area contributed by atoms with Crippen LogP contribution in [0.1, 0.15) is 48.5 Å². The van der Waals surface area contributed by atoms with Crippen molar-refractivity contribution < 1.29 is 9.59 Å². The van der Waals surface area contributed by atoms with Gasteiger partial charge in [-0.2, -0.15) is 0 Å². The van der Waals surface area contributed by atoms with E-state index >= 15 is 0 Å². The number of nitrogens with one attached hydrogen (secondary N) is 1. The normalized spacial score (nSPS) is 10.8. The number of amides is 2. The molecule has 0 saturated heterocycles. The Bertz CT molecular complexity index is 328. The van der Waals surface area contributed by atoms with E-state index in [1.165, 1.54) is 6.92 Å². The fourth-order valence-corrected chi connectivity index (χ4v) is 0.926. The standard InChI is InChI=1S/C12H17NO2.2C2H6/c1-6-8(2)7-9(3)10(4)12(15)13-11(5)14;2*1-2/h6-7,10H,1,3H2,2,4-5H3,(H,13,14,15);2*1-2H3/b8-7-;;. The fourth-order valence-electron chi connectivity index (χ4n) is 0.926. The number of rotatable bonds is 4. The van der Waals surface area contributed by atoms with E-state index in [-0.39, 0.29) is 11.8 Å². The van der Waals surface area contributed by atoms with Gasteiger partial charge in [-0.25, -0.2) is 0 Å². The van der Waals surface area contributed by atoms with Crippen LogP contribution >= 0.6 is 0 Å². The lowest BCUT2D eigenvalue weighted by Crippen LogP contribution is -2.33. The van der Waals surface area contributed by atoms with E-state index in [9.17, 15) is 9.59 Å². The first kappa shape index (κ1) is 22.5. The van der Waals surface area contributed by atoms with Crippen LogP contribution < -0.4 is 5.32 Å². The maximum atomic E-state index is 11.4. The third-order valence-electron chi connectivity index (χ3n) is 1.98. The van der Waals surface area contributed by atoms with Crippen molar-refractivity contribution in [2.24, 2.45) is 5.92 Å². The number of allylic oxidation sites excluding steroid dienone is 3. The zero-order valence-electron chi connectivity index (χ0n) is 13.5. The van der Waals surface area contributed by atoms with Gasteiger partial charge in [0.05, 0.1) is 5.92 Å². The van der Waals surface area contributed by atoms with Crippen molar-refractivity contribution in [3.05, 3.63) is 36.5 Å². The highest BCUT2D eigenvalue weighted by atomic mass is 16.2. The van der Waals surface area contributed by atoms with Crippen molar-refractivity contribution in [3.63, 3.8) is 0 Å². The van der Waals surface area contributed by atoms with Gasteiger partial charge in [0.1, 0.15) is 0 Å². The van der Waals surface area contributed by atoms with Crippen molar-refractivity contribution in [3.8, 4) is 0 Å². The zero-order chi connectivity index (χ0) is 16.0. The Labute approximate surface area is 118 Å². The van der Waals surface area contributed by atoms with Crippen molar-refractivity contribution in [2.45, 2.75) is 48.5 Å². The van der Waals surface area contributed by atoms with E-state index in [0.717, 1.165) is 5.57 Å². The van der Waals surface area contributed by atoms with Crippen LogP contribution in [0.25, 0.3) is 0 Å². The SMILES string of the molecule is C=C/C(C)=C\C(=C)C(C)C(=O)NC(C)=O.CC.CC. The summed E-state index contributed by atoms with van der Waals surface area (Å²) in [6, 6.07) is 0. The molecule has 1 N–H and O–H groups in total. The Kier molecular flexibility index (Phi) is 17.1. The van der Waals surface area contributed by atoms with E-state index in [4.69, 9.17) is 0 Å². The molecule has 0 aromatic heterocycles. The average Bonchev–Trinajstić information content (AvgIpc) is 2.41. The lowest BCUT2D eigenvalue weighted by Gasteiger charge is -2.10. The fraction of sp³-hybridized carbons (Fsp3) is 0.500. The van der Waals surface area contributed by atoms with Gasteiger partial charge in [-0.05, 0) is 19.4 Å². The molecule has 0 aliphatic rings. The Morgan fingerprint density at radius 1 is 1.11 bits per heavy atom. The van der Waals surface area contributed by atoms with Crippen molar-refractivity contribution in [1.82, 2.24) is 5.32 Å². The minimum atomic E-state index is -0.413. The molecule has 0 aliphatic heterocycles. The molecule has 0 radical (unpaired) electrons. The van der Waals surface area contributed by atoms with Crippen molar-refractivity contribution in [1.29, 1.82) is 0 Å². The van der Waals surface area contributed by atoms with Crippen LogP contribution in [0.15, 0.2) is 36.5 Å². The summed E-state index contributed by atoms with van der Waals surface area (Å²) in [5.41, 5.74) is 1.59. The summed E-state index contributed by atoms with van der Waals surface area (Å²) >= 11 is 0. The molecule has 110 valence electrons. The van der Waals surface area contributed by atoms with Gasteiger partial charge in [0.2, 0.25) is 11.8 Å². The summed E-state index contributed by atoms with van der Waals surface area (Å²) in [6.07, 6.45) is 3.46. The summed E-state index contributed by atoms with van der Waals surface area (Å²) in [5, 5.41) is 2.22. The van der Waals surface area contributed by atoms with Crippen LogP contribution in [0.3, 0.4) is 0 Å². The lowest BCUT2D eigenvalue weighted by atomic mass is 9.99. The molecule has 19 heavy (non-hydrogen) atoms. The summed E-state index contributed by atoms with van der Waals surface area (Å²) in [7, 11) is 0. The van der Waals surface area contributed by atoms with Gasteiger partial charge in [-0.1, -0.05) is 58.6 Å². The lowest BCUT2D eigenvalue weighted by molar-refractivity contribution is -0.130. The number of carbonyl (C=O) groups is 2. The molecule has 0 aromatic carbocycles. The minimum Gasteiger partial charge on any atom is -0.296 e. The predicted octanol–water partition coefficient (Wildman–Crippen LogP) is 4.03. The van der Waals surface area contributed by atoms with Gasteiger partial charge in [-0.15, -0.1) is 0 Å². The van der Waals surface area contributed by atoms with E-state index in [1.807, 2.05) is 34.6 Å². The van der Waals surface area contributed by atoms with E-state index in [0.29, 0.717) is 5.57 Å². The smallest absolute Gasteiger partial charge is 0.233 e. The molecule has 1 atom stereocenters. The highest BCUT2D eigenvalue weighted by Crippen LogP contribution is 2.12. The van der Waals surface area contributed by atoms with E-state index < -0.39 is 5.92 Å². The van der Waals surface area contributed by atoms with Crippen LogP contribution in [0.4, 0.5) is 0 Å². The van der Waals surface area contributed by atoms with Crippen molar-refractivity contribution in [2.75, 3.05) is 0 Å². The molecular weight excluding hydrogens is 238 g/mol. The molecule has 1 unspecified atom stereocenters. The third-order valence-corrected chi connectivity index (χ3v) is 1.98. The second-order valence-electron chi connectivity index (χ2n) is 3.43. The minimum absolute atomic E-state index is 0.333. The summed E-state index contributed by atoms with van der Waals surface area (Å²) in [5.74, 6) is -1.10. The second kappa shape index (κ2) is 14.4. The summed E-state index contributed by atoms with van der Waals surface area (Å²) < 4.78 is 0. The predicted molar refractivity (Wildman–Crippen MR) is 83.8 cm³/mol. The van der Waals surface area contributed by atoms with Gasteiger partial charge in [0.25, 0.3) is 0 Å². The molecule has 3 nitrogen and oxygen atoms in total. The molecular formula is C16H29NO2. The molecule has 0 fully saturated rings. The van der Waals surface area contributed by atoms with Gasteiger partial charge < -0.3 is 0 Å². The second-order valence-corrected chi connectivity index (χ2v) is 3.43. The van der Waals surface area contributed by atoms with Crippen LogP contribution in [-0.4, -0.2) is 11.8 Å². The van der Waals surface area contributed by atoms with Gasteiger partial charge >= 0.3 is 0 Å². The first-order valence-corrected chi connectivity index (χ1v) is 6.69. The molecule has 0 aliphatic carbocycles. The largest absolute Gasteiger partial charge is 0.296 e. The molecule has 2 amide bonds. The van der Waals surface area contributed by atoms with E-state index in [1.54, 1.807) is 19.1 Å². The van der Waals surface area contributed by atoms with Crippen LogP contribution in [0, 0.1) is 5.92 Å². The van der Waals surface area contributed by atoms with E-state index in [2.05, 4.69) is 18.5 Å². The quantitative estimate of drug-likeness (QED) is 0.782. The van der Waals surface area contributed by atoms with Gasteiger partial charge in [-0.3, -0.25) is 14.9 Å². The monoisotopic (exact) mass is 267 g/mol. The molecule has 0 spiro atoms. The van der Waals surface area contributed by atoms with Crippen LogP contribution in [-0.2, 0) is 9.59 Å². The first-order valence-electron chi connectivity index (χ1n) is 6.69. The Hall–Kier alpha value is -1.64. The molecule has 0 bridgehead atoms. The Balaban J connectivity index is -0.000000579. The van der Waals surface area contributed by atoms with Gasteiger partial charge in [0, 0.05) is 6.92 Å². The molecule has 0 heterocycles. The van der Waals surface area contributed by atoms with Crippen molar-refractivity contribution >= 4 is 11.8 Å². The van der Waals surface area contributed by atoms with Gasteiger partial charge in [0.15, 0.2) is 0 Å². The highest BCUT2D eigenvalue weighted by Gasteiger charge is 2.15. The first-order chi connectivity index (χ1) is 8.88. The number of carbonyl (C=O) groups excluding carboxylic acids is 2. The Morgan fingerprint density at radius 3 is 1.84 bits per heavy atom. The average molecular weight is 267 g/mol. The molecule has 0 aromatic rings. The number of hydrogen-bond acceptors (Lipinski definition) is 2. The Morgan fingerprint density at radius 2 is 1.53 bits per heavy atom. The van der Waals surface area contributed by atoms with Crippen LogP contribution in [0.5, 0.6) is 0 Å². The third kappa shape index (κ3) is 12.6. The highest BCUT2D eigenvalue weighted by molar-refractivity contribution is 5.96. The molecule has 3 heteroatoms. The number of hydrogen-bond donors (Lipinski definition) is 1. The maximum Gasteiger partial charge on any atom is 0.233 e. The molecule has 0 saturated carbocycles.